The first-order valence-corrected chi connectivity index (χ1v) is 9.89. The number of carbonyl (C=O) groups is 1. The summed E-state index contributed by atoms with van der Waals surface area (Å²) in [6, 6.07) is 0.720. The van der Waals surface area contributed by atoms with Gasteiger partial charge in [-0.1, -0.05) is 0 Å². The molecule has 0 radical (unpaired) electrons. The Morgan fingerprint density at radius 2 is 2.19 bits per heavy atom. The third-order valence-electron chi connectivity index (χ3n) is 5.58. The van der Waals surface area contributed by atoms with Crippen molar-refractivity contribution in [3.05, 3.63) is 18.2 Å². The van der Waals surface area contributed by atoms with Gasteiger partial charge in [0.1, 0.15) is 5.82 Å². The Balaban J connectivity index is 1.42. The highest BCUT2D eigenvalue weighted by Crippen LogP contribution is 2.27. The summed E-state index contributed by atoms with van der Waals surface area (Å²) in [6.45, 7) is 2.34. The first-order chi connectivity index (χ1) is 12.8. The van der Waals surface area contributed by atoms with E-state index < -0.39 is 0 Å². The number of amides is 1. The van der Waals surface area contributed by atoms with Crippen LogP contribution in [0.1, 0.15) is 44.3 Å². The average Bonchev–Trinajstić information content (AvgIpc) is 3.19. The second-order valence-electron chi connectivity index (χ2n) is 7.37. The third-order valence-corrected chi connectivity index (χ3v) is 5.58. The normalized spacial score (nSPS) is 27.3. The minimum Gasteiger partial charge on any atom is -0.381 e. The van der Waals surface area contributed by atoms with Crippen LogP contribution in [0.5, 0.6) is 0 Å². The van der Waals surface area contributed by atoms with Crippen molar-refractivity contribution in [1.29, 1.82) is 0 Å². The summed E-state index contributed by atoms with van der Waals surface area (Å²) in [4.78, 5) is 19.9. The van der Waals surface area contributed by atoms with Gasteiger partial charge in [0.2, 0.25) is 5.91 Å². The molecule has 2 fully saturated rings. The van der Waals surface area contributed by atoms with Crippen molar-refractivity contribution in [3.63, 3.8) is 0 Å². The van der Waals surface area contributed by atoms with E-state index in [9.17, 15) is 4.79 Å². The van der Waals surface area contributed by atoms with E-state index in [0.29, 0.717) is 12.6 Å². The van der Waals surface area contributed by atoms with Crippen LogP contribution in [-0.4, -0.2) is 60.9 Å². The van der Waals surface area contributed by atoms with Crippen LogP contribution in [0.25, 0.3) is 0 Å². The number of nitrogens with one attached hydrogen (secondary N) is 3. The molecule has 1 aromatic rings. The molecule has 1 saturated heterocycles. The largest absolute Gasteiger partial charge is 0.381 e. The Morgan fingerprint density at radius 3 is 2.92 bits per heavy atom. The van der Waals surface area contributed by atoms with Gasteiger partial charge in [-0.25, -0.2) is 4.98 Å². The number of rotatable bonds is 8. The fourth-order valence-electron chi connectivity index (χ4n) is 4.05. The molecule has 0 spiro atoms. The predicted molar refractivity (Wildman–Crippen MR) is 98.8 cm³/mol. The van der Waals surface area contributed by atoms with Gasteiger partial charge in [-0.05, 0) is 38.5 Å². The first kappa shape index (κ1) is 19.3. The molecule has 3 N–H and O–H groups in total. The lowest BCUT2D eigenvalue weighted by molar-refractivity contribution is -0.127. The summed E-state index contributed by atoms with van der Waals surface area (Å²) in [5.74, 6) is 1.22. The molecule has 1 amide bonds. The lowest BCUT2D eigenvalue weighted by Crippen LogP contribution is -2.52. The zero-order valence-corrected chi connectivity index (χ0v) is 15.7. The van der Waals surface area contributed by atoms with E-state index in [1.807, 2.05) is 6.20 Å². The summed E-state index contributed by atoms with van der Waals surface area (Å²) in [7, 11) is 1.78. The number of imidazole rings is 1. The van der Waals surface area contributed by atoms with E-state index in [1.54, 1.807) is 13.3 Å². The van der Waals surface area contributed by atoms with Crippen molar-refractivity contribution in [1.82, 2.24) is 20.6 Å². The highest BCUT2D eigenvalue weighted by atomic mass is 16.5. The summed E-state index contributed by atoms with van der Waals surface area (Å²) in [5, 5.41) is 6.83. The van der Waals surface area contributed by atoms with Gasteiger partial charge in [0.25, 0.3) is 0 Å². The smallest absolute Gasteiger partial charge is 0.223 e. The number of aryl methyl sites for hydroxylation is 1. The summed E-state index contributed by atoms with van der Waals surface area (Å²) < 4.78 is 11.1. The lowest BCUT2D eigenvalue weighted by Gasteiger charge is -2.38. The molecule has 0 bridgehead atoms. The zero-order chi connectivity index (χ0) is 18.2. The number of methoxy groups -OCH3 is 1. The standard InChI is InChI=1S/C19H32N4O3/c1-25-17-5-4-14(13-16(17)23-15-6-11-26-12-7-15)19(24)22-8-2-3-18-20-9-10-21-18/h9-10,14-17,23H,2-8,11-13H2,1H3,(H,20,21)(H,22,24)/t14-,16+,17+/m0/s1. The predicted octanol–water partition coefficient (Wildman–Crippen LogP) is 1.41. The molecule has 1 aliphatic carbocycles. The maximum atomic E-state index is 12.6. The van der Waals surface area contributed by atoms with Gasteiger partial charge in [-0.3, -0.25) is 4.79 Å². The van der Waals surface area contributed by atoms with Gasteiger partial charge < -0.3 is 25.1 Å². The summed E-state index contributed by atoms with van der Waals surface area (Å²) in [5.41, 5.74) is 0. The highest BCUT2D eigenvalue weighted by molar-refractivity contribution is 5.78. The van der Waals surface area contributed by atoms with Crippen LogP contribution in [0.2, 0.25) is 0 Å². The van der Waals surface area contributed by atoms with Gasteiger partial charge in [0.15, 0.2) is 0 Å². The van der Waals surface area contributed by atoms with Gasteiger partial charge >= 0.3 is 0 Å². The SMILES string of the molecule is CO[C@@H]1CC[C@H](C(=O)NCCCc2ncc[nH]2)C[C@H]1NC1CCOCC1. The van der Waals surface area contributed by atoms with Crippen LogP contribution in [0.15, 0.2) is 12.4 Å². The van der Waals surface area contributed by atoms with Gasteiger partial charge in [0, 0.05) is 63.7 Å². The minimum atomic E-state index is 0.0716. The van der Waals surface area contributed by atoms with E-state index in [2.05, 4.69) is 20.6 Å². The molecule has 7 nitrogen and oxygen atoms in total. The Kier molecular flexibility index (Phi) is 7.46. The molecule has 1 aliphatic heterocycles. The molecule has 7 heteroatoms. The van der Waals surface area contributed by atoms with E-state index in [1.165, 1.54) is 0 Å². The van der Waals surface area contributed by atoms with E-state index in [4.69, 9.17) is 9.47 Å². The lowest BCUT2D eigenvalue weighted by atomic mass is 9.82. The maximum Gasteiger partial charge on any atom is 0.223 e. The monoisotopic (exact) mass is 364 g/mol. The van der Waals surface area contributed by atoms with E-state index >= 15 is 0 Å². The van der Waals surface area contributed by atoms with E-state index in [0.717, 1.165) is 64.0 Å². The van der Waals surface area contributed by atoms with Gasteiger partial charge in [0.05, 0.1) is 6.10 Å². The Bertz CT molecular complexity index is 531. The molecule has 3 rings (SSSR count). The number of carbonyl (C=O) groups excluding carboxylic acids is 1. The quantitative estimate of drug-likeness (QED) is 0.607. The fraction of sp³-hybridized carbons (Fsp3) is 0.789. The number of ether oxygens (including phenoxy) is 2. The van der Waals surface area contributed by atoms with Crippen molar-refractivity contribution in [2.75, 3.05) is 26.9 Å². The van der Waals surface area contributed by atoms with Crippen LogP contribution < -0.4 is 10.6 Å². The summed E-state index contributed by atoms with van der Waals surface area (Å²) in [6.07, 6.45) is 10.3. The summed E-state index contributed by atoms with van der Waals surface area (Å²) >= 11 is 0. The molecule has 26 heavy (non-hydrogen) atoms. The first-order valence-electron chi connectivity index (χ1n) is 9.89. The number of nitrogens with zero attached hydrogens (tertiary/aromatic N) is 1. The Hall–Kier alpha value is -1.44. The Labute approximate surface area is 155 Å². The number of aromatic nitrogens is 2. The molecule has 1 saturated carbocycles. The molecule has 2 aliphatic rings. The van der Waals surface area contributed by atoms with Gasteiger partial charge in [-0.15, -0.1) is 0 Å². The molecule has 146 valence electrons. The van der Waals surface area contributed by atoms with Crippen molar-refractivity contribution < 1.29 is 14.3 Å². The zero-order valence-electron chi connectivity index (χ0n) is 15.7. The topological polar surface area (TPSA) is 88.3 Å². The van der Waals surface area contributed by atoms with Crippen molar-refractivity contribution in [2.45, 2.75) is 63.1 Å². The minimum absolute atomic E-state index is 0.0716. The van der Waals surface area contributed by atoms with Gasteiger partial charge in [-0.2, -0.15) is 0 Å². The van der Waals surface area contributed by atoms with Crippen LogP contribution in [-0.2, 0) is 20.7 Å². The van der Waals surface area contributed by atoms with Crippen LogP contribution in [0.3, 0.4) is 0 Å². The van der Waals surface area contributed by atoms with Crippen molar-refractivity contribution in [2.24, 2.45) is 5.92 Å². The number of aromatic amines is 1. The van der Waals surface area contributed by atoms with E-state index in [-0.39, 0.29) is 24.0 Å². The maximum absolute atomic E-state index is 12.6. The molecule has 1 aromatic heterocycles. The molecule has 2 heterocycles. The second kappa shape index (κ2) is 10.0. The number of hydrogen-bond donors (Lipinski definition) is 3. The van der Waals surface area contributed by atoms with Crippen LogP contribution >= 0.6 is 0 Å². The third kappa shape index (κ3) is 5.53. The fourth-order valence-corrected chi connectivity index (χ4v) is 4.05. The molecule has 3 atom stereocenters. The molecular formula is C19H32N4O3. The van der Waals surface area contributed by atoms with Crippen molar-refractivity contribution in [3.8, 4) is 0 Å². The molecule has 0 unspecified atom stereocenters. The number of hydrogen-bond acceptors (Lipinski definition) is 5. The second-order valence-corrected chi connectivity index (χ2v) is 7.37. The molecule has 0 aromatic carbocycles. The highest BCUT2D eigenvalue weighted by Gasteiger charge is 2.35. The van der Waals surface area contributed by atoms with Crippen molar-refractivity contribution >= 4 is 5.91 Å². The Morgan fingerprint density at radius 1 is 1.35 bits per heavy atom. The number of H-pyrrole nitrogens is 1. The van der Waals surface area contributed by atoms with Crippen LogP contribution in [0.4, 0.5) is 0 Å². The molecular weight excluding hydrogens is 332 g/mol. The van der Waals surface area contributed by atoms with Crippen LogP contribution in [0, 0.1) is 5.92 Å². The average molecular weight is 364 g/mol.